The summed E-state index contributed by atoms with van der Waals surface area (Å²) in [4.78, 5) is 28.6. The Morgan fingerprint density at radius 1 is 1.43 bits per heavy atom. The summed E-state index contributed by atoms with van der Waals surface area (Å²) in [6, 6.07) is 8.77. The first-order valence-electron chi connectivity index (χ1n) is 7.75. The van der Waals surface area contributed by atoms with Crippen LogP contribution < -0.4 is 0 Å². The number of likely N-dealkylation sites (tertiary alicyclic amines) is 2. The second-order valence-corrected chi connectivity index (χ2v) is 5.90. The monoisotopic (exact) mass is 313 g/mol. The van der Waals surface area contributed by atoms with Gasteiger partial charge in [0.15, 0.2) is 0 Å². The van der Waals surface area contributed by atoms with E-state index in [1.807, 2.05) is 11.0 Å². The number of nitriles is 1. The molecule has 3 rings (SSSR count). The lowest BCUT2D eigenvalue weighted by atomic mass is 10.1. The van der Waals surface area contributed by atoms with E-state index in [4.69, 9.17) is 10.00 Å². The van der Waals surface area contributed by atoms with Gasteiger partial charge in [0.25, 0.3) is 5.91 Å². The highest BCUT2D eigenvalue weighted by Crippen LogP contribution is 2.33. The molecule has 0 radical (unpaired) electrons. The molecule has 2 unspecified atom stereocenters. The molecule has 0 N–H and O–H groups in total. The molecular weight excluding hydrogens is 294 g/mol. The fourth-order valence-corrected chi connectivity index (χ4v) is 3.55. The summed E-state index contributed by atoms with van der Waals surface area (Å²) in [5, 5.41) is 8.97. The van der Waals surface area contributed by atoms with E-state index in [0.717, 1.165) is 6.42 Å². The molecule has 6 nitrogen and oxygen atoms in total. The van der Waals surface area contributed by atoms with Crippen LogP contribution in [0.2, 0.25) is 0 Å². The van der Waals surface area contributed by atoms with Gasteiger partial charge in [-0.15, -0.1) is 0 Å². The molecule has 2 atom stereocenters. The summed E-state index contributed by atoms with van der Waals surface area (Å²) in [6.07, 6.45) is 1.17. The van der Waals surface area contributed by atoms with Crippen LogP contribution >= 0.6 is 0 Å². The van der Waals surface area contributed by atoms with Crippen molar-refractivity contribution < 1.29 is 14.3 Å². The highest BCUT2D eigenvalue weighted by molar-refractivity contribution is 5.96. The van der Waals surface area contributed by atoms with Crippen molar-refractivity contribution in [1.29, 1.82) is 5.26 Å². The van der Waals surface area contributed by atoms with Crippen LogP contribution in [0, 0.1) is 11.3 Å². The number of methoxy groups -OCH3 is 1. The van der Waals surface area contributed by atoms with E-state index in [2.05, 4.69) is 0 Å². The predicted octanol–water partition coefficient (Wildman–Crippen LogP) is 1.02. The average Bonchev–Trinajstić information content (AvgIpc) is 3.11. The molecule has 2 aliphatic rings. The van der Waals surface area contributed by atoms with Crippen LogP contribution in [0.4, 0.5) is 0 Å². The van der Waals surface area contributed by atoms with E-state index >= 15 is 0 Å². The van der Waals surface area contributed by atoms with Gasteiger partial charge in [-0.1, -0.05) is 6.07 Å². The zero-order chi connectivity index (χ0) is 16.4. The summed E-state index contributed by atoms with van der Waals surface area (Å²) < 4.78 is 5.06. The van der Waals surface area contributed by atoms with Crippen molar-refractivity contribution >= 4 is 11.8 Å². The molecule has 2 fully saturated rings. The Hall–Kier alpha value is -2.39. The molecule has 0 aliphatic carbocycles. The first kappa shape index (κ1) is 15.5. The van der Waals surface area contributed by atoms with E-state index in [1.54, 1.807) is 36.3 Å². The molecule has 0 aromatic heterocycles. The minimum Gasteiger partial charge on any atom is -0.383 e. The van der Waals surface area contributed by atoms with Gasteiger partial charge in [0, 0.05) is 32.2 Å². The standard InChI is InChI=1S/C17H19N3O3/c1-23-8-7-19-14-5-6-20(15(14)10-16(19)21)17(22)13-4-2-3-12(9-13)11-18/h2-4,9,14-15H,5-8,10H2,1H3. The zero-order valence-electron chi connectivity index (χ0n) is 13.1. The SMILES string of the molecule is COCCN1C(=O)CC2C1CCN2C(=O)c1cccc(C#N)c1. The lowest BCUT2D eigenvalue weighted by Crippen LogP contribution is -2.40. The second-order valence-electron chi connectivity index (χ2n) is 5.90. The highest BCUT2D eigenvalue weighted by Gasteiger charge is 2.48. The molecule has 1 aromatic rings. The van der Waals surface area contributed by atoms with Crippen molar-refractivity contribution in [3.63, 3.8) is 0 Å². The third-order valence-corrected chi connectivity index (χ3v) is 4.65. The third kappa shape index (κ3) is 2.80. The van der Waals surface area contributed by atoms with Gasteiger partial charge >= 0.3 is 0 Å². The number of carbonyl (C=O) groups excluding carboxylic acids is 2. The maximum Gasteiger partial charge on any atom is 0.254 e. The molecule has 1 aromatic carbocycles. The summed E-state index contributed by atoms with van der Waals surface area (Å²) in [5.74, 6) is -0.0173. The van der Waals surface area contributed by atoms with Crippen molar-refractivity contribution in [2.24, 2.45) is 0 Å². The van der Waals surface area contributed by atoms with Crippen molar-refractivity contribution in [2.75, 3.05) is 26.8 Å². The molecule has 0 spiro atoms. The van der Waals surface area contributed by atoms with Gasteiger partial charge in [0.2, 0.25) is 5.91 Å². The predicted molar refractivity (Wildman–Crippen MR) is 82.6 cm³/mol. The first-order chi connectivity index (χ1) is 11.2. The van der Waals surface area contributed by atoms with Gasteiger partial charge in [-0.25, -0.2) is 0 Å². The van der Waals surface area contributed by atoms with Crippen LogP contribution in [0.25, 0.3) is 0 Å². The maximum absolute atomic E-state index is 12.7. The zero-order valence-corrected chi connectivity index (χ0v) is 13.1. The minimum atomic E-state index is -0.101. The number of fused-ring (bicyclic) bond motifs is 1. The Morgan fingerprint density at radius 3 is 3.00 bits per heavy atom. The third-order valence-electron chi connectivity index (χ3n) is 4.65. The van der Waals surface area contributed by atoms with E-state index in [0.29, 0.717) is 37.2 Å². The van der Waals surface area contributed by atoms with Crippen molar-refractivity contribution in [3.8, 4) is 6.07 Å². The number of hydrogen-bond acceptors (Lipinski definition) is 4. The first-order valence-corrected chi connectivity index (χ1v) is 7.75. The molecular formula is C17H19N3O3. The van der Waals surface area contributed by atoms with E-state index in [9.17, 15) is 9.59 Å². The summed E-state index contributed by atoms with van der Waals surface area (Å²) >= 11 is 0. The topological polar surface area (TPSA) is 73.6 Å². The average molecular weight is 313 g/mol. The number of carbonyl (C=O) groups is 2. The van der Waals surface area contributed by atoms with Gasteiger partial charge in [-0.2, -0.15) is 5.26 Å². The Balaban J connectivity index is 1.76. The number of ether oxygens (including phenoxy) is 1. The van der Waals surface area contributed by atoms with Crippen LogP contribution in [-0.2, 0) is 9.53 Å². The quantitative estimate of drug-likeness (QED) is 0.832. The number of rotatable bonds is 4. The molecule has 0 bridgehead atoms. The lowest BCUT2D eigenvalue weighted by Gasteiger charge is -2.25. The highest BCUT2D eigenvalue weighted by atomic mass is 16.5. The lowest BCUT2D eigenvalue weighted by molar-refractivity contribution is -0.129. The minimum absolute atomic E-state index is 0.0717. The number of hydrogen-bond donors (Lipinski definition) is 0. The maximum atomic E-state index is 12.7. The summed E-state index contributed by atoms with van der Waals surface area (Å²) in [6.45, 7) is 1.72. The fraction of sp³-hybridized carbons (Fsp3) is 0.471. The largest absolute Gasteiger partial charge is 0.383 e. The van der Waals surface area contributed by atoms with Crippen LogP contribution in [0.5, 0.6) is 0 Å². The molecule has 0 saturated carbocycles. The van der Waals surface area contributed by atoms with Crippen molar-refractivity contribution in [3.05, 3.63) is 35.4 Å². The number of benzene rings is 1. The Bertz CT molecular complexity index is 667. The Labute approximate surface area is 135 Å². The van der Waals surface area contributed by atoms with Gasteiger partial charge in [-0.05, 0) is 24.6 Å². The van der Waals surface area contributed by atoms with Crippen molar-refractivity contribution in [2.45, 2.75) is 24.9 Å². The number of nitrogens with zero attached hydrogens (tertiary/aromatic N) is 3. The molecule has 2 saturated heterocycles. The van der Waals surface area contributed by atoms with Crippen molar-refractivity contribution in [1.82, 2.24) is 9.80 Å². The van der Waals surface area contributed by atoms with Gasteiger partial charge < -0.3 is 14.5 Å². The molecule has 2 aliphatic heterocycles. The molecule has 2 amide bonds. The second kappa shape index (κ2) is 6.39. The molecule has 120 valence electrons. The molecule has 6 heteroatoms. The van der Waals surface area contributed by atoms with E-state index in [1.165, 1.54) is 0 Å². The van der Waals surface area contributed by atoms with Crippen LogP contribution in [0.3, 0.4) is 0 Å². The Kier molecular flexibility index (Phi) is 4.30. The smallest absolute Gasteiger partial charge is 0.254 e. The van der Waals surface area contributed by atoms with Crippen LogP contribution in [0.15, 0.2) is 24.3 Å². The van der Waals surface area contributed by atoms with E-state index < -0.39 is 0 Å². The fourth-order valence-electron chi connectivity index (χ4n) is 3.55. The molecule has 2 heterocycles. The van der Waals surface area contributed by atoms with Crippen LogP contribution in [0.1, 0.15) is 28.8 Å². The summed E-state index contributed by atoms with van der Waals surface area (Å²) in [5.41, 5.74) is 0.975. The van der Waals surface area contributed by atoms with Gasteiger partial charge in [0.1, 0.15) is 0 Å². The van der Waals surface area contributed by atoms with E-state index in [-0.39, 0.29) is 23.9 Å². The van der Waals surface area contributed by atoms with Crippen LogP contribution in [-0.4, -0.2) is 60.5 Å². The normalized spacial score (nSPS) is 23.0. The number of amides is 2. The molecule has 23 heavy (non-hydrogen) atoms. The summed E-state index contributed by atoms with van der Waals surface area (Å²) in [7, 11) is 1.62. The van der Waals surface area contributed by atoms with Gasteiger partial charge in [-0.3, -0.25) is 9.59 Å². The van der Waals surface area contributed by atoms with Gasteiger partial charge in [0.05, 0.1) is 30.3 Å². The Morgan fingerprint density at radius 2 is 2.26 bits per heavy atom.